The molecule has 2 aromatic carbocycles. The van der Waals surface area contributed by atoms with E-state index in [0.29, 0.717) is 34.0 Å². The summed E-state index contributed by atoms with van der Waals surface area (Å²) < 4.78 is 21.7. The molecule has 8 heteroatoms. The summed E-state index contributed by atoms with van der Waals surface area (Å²) in [4.78, 5) is 8.57. The Bertz CT molecular complexity index is 975. The van der Waals surface area contributed by atoms with Gasteiger partial charge < -0.3 is 18.9 Å². The van der Waals surface area contributed by atoms with E-state index in [1.165, 1.54) is 6.33 Å². The third-order valence-electron chi connectivity index (χ3n) is 3.94. The summed E-state index contributed by atoms with van der Waals surface area (Å²) in [5.41, 5.74) is 4.40. The Morgan fingerprint density at radius 1 is 0.889 bits per heavy atom. The molecule has 27 heavy (non-hydrogen) atoms. The highest BCUT2D eigenvalue weighted by atomic mass is 16.5. The van der Waals surface area contributed by atoms with E-state index < -0.39 is 0 Å². The molecule has 1 heterocycles. The number of hydrogen-bond donors (Lipinski definition) is 1. The Balaban J connectivity index is 2.03. The van der Waals surface area contributed by atoms with Gasteiger partial charge in [0.1, 0.15) is 12.1 Å². The van der Waals surface area contributed by atoms with Crippen LogP contribution in [0.5, 0.6) is 23.0 Å². The Morgan fingerprint density at radius 2 is 1.63 bits per heavy atom. The number of aromatic nitrogens is 2. The Kier molecular flexibility index (Phi) is 5.55. The number of hydrogen-bond acceptors (Lipinski definition) is 8. The van der Waals surface area contributed by atoms with Gasteiger partial charge in [0, 0.05) is 11.6 Å². The minimum absolute atomic E-state index is 0.457. The van der Waals surface area contributed by atoms with Crippen LogP contribution in [-0.2, 0) is 0 Å². The van der Waals surface area contributed by atoms with Gasteiger partial charge in [0.15, 0.2) is 17.3 Å². The predicted molar refractivity (Wildman–Crippen MR) is 103 cm³/mol. The number of hydrazone groups is 1. The molecule has 0 saturated heterocycles. The fourth-order valence-electron chi connectivity index (χ4n) is 2.71. The van der Waals surface area contributed by atoms with Crippen molar-refractivity contribution in [2.75, 3.05) is 33.9 Å². The summed E-state index contributed by atoms with van der Waals surface area (Å²) in [6.45, 7) is 0. The van der Waals surface area contributed by atoms with E-state index in [1.54, 1.807) is 40.7 Å². The first-order valence-corrected chi connectivity index (χ1v) is 8.09. The Morgan fingerprint density at radius 3 is 2.33 bits per heavy atom. The second kappa shape index (κ2) is 8.22. The van der Waals surface area contributed by atoms with Gasteiger partial charge in [-0.25, -0.2) is 9.97 Å². The molecule has 1 N–H and O–H groups in total. The molecule has 0 unspecified atom stereocenters. The molecule has 0 aliphatic carbocycles. The SMILES string of the molecule is COc1ccccc1/C=N/Nc1ncnc2cc(OC)c(OC)c(OC)c12. The lowest BCUT2D eigenvalue weighted by Gasteiger charge is -2.15. The quantitative estimate of drug-likeness (QED) is 0.506. The van der Waals surface area contributed by atoms with E-state index >= 15 is 0 Å². The van der Waals surface area contributed by atoms with Crippen LogP contribution in [0.25, 0.3) is 10.9 Å². The molecular weight excluding hydrogens is 348 g/mol. The molecule has 0 saturated carbocycles. The van der Waals surface area contributed by atoms with Gasteiger partial charge >= 0.3 is 0 Å². The first-order valence-electron chi connectivity index (χ1n) is 8.09. The lowest BCUT2D eigenvalue weighted by Crippen LogP contribution is -2.01. The van der Waals surface area contributed by atoms with E-state index in [1.807, 2.05) is 24.3 Å². The molecule has 0 amide bonds. The summed E-state index contributed by atoms with van der Waals surface area (Å²) in [5.74, 6) is 2.63. The minimum atomic E-state index is 0.457. The van der Waals surface area contributed by atoms with Gasteiger partial charge in [-0.3, -0.25) is 5.43 Å². The standard InChI is InChI=1S/C19H20N4O4/c1-24-14-8-6-5-7-12(14)10-22-23-19-16-13(20-11-21-19)9-15(25-2)17(26-3)18(16)27-4/h5-11H,1-4H3,(H,20,21,23)/b22-10+. The summed E-state index contributed by atoms with van der Waals surface area (Å²) >= 11 is 0. The molecule has 0 bridgehead atoms. The van der Waals surface area contributed by atoms with Crippen molar-refractivity contribution >= 4 is 22.9 Å². The smallest absolute Gasteiger partial charge is 0.204 e. The van der Waals surface area contributed by atoms with Gasteiger partial charge in [-0.2, -0.15) is 5.10 Å². The van der Waals surface area contributed by atoms with Crippen molar-refractivity contribution < 1.29 is 18.9 Å². The number of nitrogens with one attached hydrogen (secondary N) is 1. The normalized spacial score (nSPS) is 10.8. The lowest BCUT2D eigenvalue weighted by molar-refractivity contribution is 0.327. The van der Waals surface area contributed by atoms with Gasteiger partial charge in [0.2, 0.25) is 5.75 Å². The van der Waals surface area contributed by atoms with Crippen LogP contribution in [0.4, 0.5) is 5.82 Å². The highest BCUT2D eigenvalue weighted by Gasteiger charge is 2.19. The fourth-order valence-corrected chi connectivity index (χ4v) is 2.71. The van der Waals surface area contributed by atoms with Crippen LogP contribution >= 0.6 is 0 Å². The second-order valence-electron chi connectivity index (χ2n) is 5.37. The number of ether oxygens (including phenoxy) is 4. The average Bonchev–Trinajstić information content (AvgIpc) is 2.72. The van der Waals surface area contributed by atoms with Crippen LogP contribution in [0.2, 0.25) is 0 Å². The largest absolute Gasteiger partial charge is 0.496 e. The summed E-state index contributed by atoms with van der Waals surface area (Å²) in [7, 11) is 6.26. The highest BCUT2D eigenvalue weighted by Crippen LogP contribution is 2.44. The summed E-state index contributed by atoms with van der Waals surface area (Å²) in [6, 6.07) is 9.32. The zero-order valence-electron chi connectivity index (χ0n) is 15.5. The van der Waals surface area contributed by atoms with E-state index in [9.17, 15) is 0 Å². The number of methoxy groups -OCH3 is 4. The third kappa shape index (κ3) is 3.55. The van der Waals surface area contributed by atoms with Crippen LogP contribution in [0.15, 0.2) is 41.8 Å². The van der Waals surface area contributed by atoms with Crippen molar-refractivity contribution in [3.05, 3.63) is 42.2 Å². The highest BCUT2D eigenvalue weighted by molar-refractivity contribution is 5.98. The molecule has 140 valence electrons. The van der Waals surface area contributed by atoms with E-state index in [4.69, 9.17) is 18.9 Å². The molecule has 0 spiro atoms. The maximum Gasteiger partial charge on any atom is 0.204 e. The van der Waals surface area contributed by atoms with Gasteiger partial charge in [0.05, 0.1) is 45.6 Å². The molecule has 0 aliphatic rings. The van der Waals surface area contributed by atoms with Gasteiger partial charge in [0.25, 0.3) is 0 Å². The van der Waals surface area contributed by atoms with Crippen molar-refractivity contribution in [2.24, 2.45) is 5.10 Å². The van der Waals surface area contributed by atoms with E-state index in [-0.39, 0.29) is 0 Å². The van der Waals surface area contributed by atoms with Crippen LogP contribution in [0.1, 0.15) is 5.56 Å². The van der Waals surface area contributed by atoms with Gasteiger partial charge in [-0.05, 0) is 12.1 Å². The molecule has 0 atom stereocenters. The first-order chi connectivity index (χ1) is 13.2. The Labute approximate surface area is 156 Å². The van der Waals surface area contributed by atoms with E-state index in [0.717, 1.165) is 11.3 Å². The van der Waals surface area contributed by atoms with Crippen molar-refractivity contribution in [3.63, 3.8) is 0 Å². The summed E-state index contributed by atoms with van der Waals surface area (Å²) in [6.07, 6.45) is 3.09. The Hall–Kier alpha value is -3.55. The van der Waals surface area contributed by atoms with Crippen molar-refractivity contribution in [2.45, 2.75) is 0 Å². The van der Waals surface area contributed by atoms with Gasteiger partial charge in [-0.1, -0.05) is 12.1 Å². The molecule has 3 rings (SSSR count). The zero-order chi connectivity index (χ0) is 19.2. The van der Waals surface area contributed by atoms with Crippen LogP contribution in [0, 0.1) is 0 Å². The maximum absolute atomic E-state index is 5.54. The number of nitrogens with zero attached hydrogens (tertiary/aromatic N) is 3. The minimum Gasteiger partial charge on any atom is -0.496 e. The molecule has 8 nitrogen and oxygen atoms in total. The topological polar surface area (TPSA) is 87.1 Å². The predicted octanol–water partition coefficient (Wildman–Crippen LogP) is 3.11. The van der Waals surface area contributed by atoms with Crippen LogP contribution < -0.4 is 24.4 Å². The van der Waals surface area contributed by atoms with Crippen LogP contribution in [0.3, 0.4) is 0 Å². The fraction of sp³-hybridized carbons (Fsp3) is 0.211. The number of fused-ring (bicyclic) bond motifs is 1. The van der Waals surface area contributed by atoms with Crippen LogP contribution in [-0.4, -0.2) is 44.6 Å². The number of para-hydroxylation sites is 1. The first kappa shape index (κ1) is 18.2. The van der Waals surface area contributed by atoms with Crippen molar-refractivity contribution in [1.82, 2.24) is 9.97 Å². The molecule has 3 aromatic rings. The van der Waals surface area contributed by atoms with Gasteiger partial charge in [-0.15, -0.1) is 0 Å². The molecular formula is C19H20N4O4. The second-order valence-corrected chi connectivity index (χ2v) is 5.37. The van der Waals surface area contributed by atoms with E-state index in [2.05, 4.69) is 20.5 Å². The average molecular weight is 368 g/mol. The molecule has 0 radical (unpaired) electrons. The summed E-state index contributed by atoms with van der Waals surface area (Å²) in [5, 5.41) is 4.91. The maximum atomic E-state index is 5.54. The number of benzene rings is 2. The number of rotatable bonds is 7. The zero-order valence-corrected chi connectivity index (χ0v) is 15.5. The van der Waals surface area contributed by atoms with Crippen molar-refractivity contribution in [1.29, 1.82) is 0 Å². The molecule has 0 fully saturated rings. The monoisotopic (exact) mass is 368 g/mol. The third-order valence-corrected chi connectivity index (χ3v) is 3.94. The van der Waals surface area contributed by atoms with Crippen molar-refractivity contribution in [3.8, 4) is 23.0 Å². The number of anilines is 1. The molecule has 1 aromatic heterocycles. The molecule has 0 aliphatic heterocycles. The lowest BCUT2D eigenvalue weighted by atomic mass is 10.2.